The summed E-state index contributed by atoms with van der Waals surface area (Å²) >= 11 is 0. The van der Waals surface area contributed by atoms with Crippen LogP contribution >= 0.6 is 7.82 Å². The molecule has 0 saturated carbocycles. The van der Waals surface area contributed by atoms with Crippen molar-refractivity contribution in [2.75, 3.05) is 13.2 Å². The molecule has 4 atom stereocenters. The lowest BCUT2D eigenvalue weighted by molar-refractivity contribution is -0.161. The van der Waals surface area contributed by atoms with E-state index in [0.717, 1.165) is 50.9 Å². The minimum absolute atomic E-state index is 0.132. The molecule has 1 fully saturated rings. The highest BCUT2D eigenvalue weighted by molar-refractivity contribution is 7.46. The molecule has 0 aromatic carbocycles. The number of hydrogen-bond acceptors (Lipinski definition) is 7. The minimum Gasteiger partial charge on any atom is -0.462 e. The number of hydrogen-bond donors (Lipinski definition) is 2. The minimum atomic E-state index is -4.78. The number of phosphoric acid groups is 1. The van der Waals surface area contributed by atoms with Crippen molar-refractivity contribution in [3.05, 3.63) is 36.5 Å². The second-order valence-corrected chi connectivity index (χ2v) is 18.0. The Hall–Kier alpha value is -1.77. The molecule has 58 heavy (non-hydrogen) atoms. The molecule has 9 nitrogen and oxygen atoms in total. The van der Waals surface area contributed by atoms with Crippen molar-refractivity contribution in [1.29, 1.82) is 0 Å². The van der Waals surface area contributed by atoms with Crippen LogP contribution in [0.3, 0.4) is 0 Å². The van der Waals surface area contributed by atoms with Crippen LogP contribution in [0.15, 0.2) is 36.5 Å². The van der Waals surface area contributed by atoms with Crippen molar-refractivity contribution in [2.45, 2.75) is 238 Å². The SMILES string of the molecule is CCCCC/C=C\CC1OC1C/C=C\C/C=C\CCCC(=O)O[C@H](COC(=O)CCCCCCCCCCCCCCCCCCCCC(C)CC)COP(=O)(O)O. The van der Waals surface area contributed by atoms with Gasteiger partial charge in [0, 0.05) is 12.8 Å². The molecule has 0 aliphatic carbocycles. The molecule has 3 unspecified atom stereocenters. The Labute approximate surface area is 355 Å². The summed E-state index contributed by atoms with van der Waals surface area (Å²) in [6.07, 6.45) is 47.6. The van der Waals surface area contributed by atoms with E-state index in [2.05, 4.69) is 55.7 Å². The highest BCUT2D eigenvalue weighted by atomic mass is 31.2. The van der Waals surface area contributed by atoms with Gasteiger partial charge in [-0.25, -0.2) is 4.57 Å². The van der Waals surface area contributed by atoms with Crippen molar-refractivity contribution in [3.8, 4) is 0 Å². The second-order valence-electron chi connectivity index (χ2n) is 16.7. The normalized spacial score (nSPS) is 16.8. The fourth-order valence-electron chi connectivity index (χ4n) is 7.03. The van der Waals surface area contributed by atoms with Gasteiger partial charge in [0.05, 0.1) is 18.8 Å². The first-order valence-corrected chi connectivity index (χ1v) is 25.3. The third-order valence-corrected chi connectivity index (χ3v) is 11.6. The van der Waals surface area contributed by atoms with Gasteiger partial charge in [0.2, 0.25) is 0 Å². The first kappa shape index (κ1) is 54.2. The van der Waals surface area contributed by atoms with Gasteiger partial charge >= 0.3 is 19.8 Å². The number of phosphoric ester groups is 1. The zero-order valence-corrected chi connectivity index (χ0v) is 38.2. The largest absolute Gasteiger partial charge is 0.469 e. The van der Waals surface area contributed by atoms with E-state index in [1.54, 1.807) is 0 Å². The Morgan fingerprint density at radius 2 is 1.09 bits per heavy atom. The molecule has 0 amide bonds. The quantitative estimate of drug-likeness (QED) is 0.0203. The zero-order chi connectivity index (χ0) is 42.4. The third kappa shape index (κ3) is 37.2. The van der Waals surface area contributed by atoms with Crippen molar-refractivity contribution in [1.82, 2.24) is 0 Å². The third-order valence-electron chi connectivity index (χ3n) is 11.1. The second kappa shape index (κ2) is 38.2. The molecule has 0 aromatic heterocycles. The van der Waals surface area contributed by atoms with E-state index in [0.29, 0.717) is 25.0 Å². The van der Waals surface area contributed by atoms with E-state index in [1.165, 1.54) is 128 Å². The lowest BCUT2D eigenvalue weighted by Gasteiger charge is -2.18. The Bertz CT molecular complexity index is 1120. The van der Waals surface area contributed by atoms with Gasteiger partial charge in [0.25, 0.3) is 0 Å². The monoisotopic (exact) mass is 839 g/mol. The fraction of sp³-hybridized carbons (Fsp3) is 0.833. The highest BCUT2D eigenvalue weighted by Gasteiger charge is 2.36. The van der Waals surface area contributed by atoms with Crippen LogP contribution in [0.25, 0.3) is 0 Å². The molecular weight excluding hydrogens is 751 g/mol. The predicted octanol–water partition coefficient (Wildman–Crippen LogP) is 13.8. The molecule has 1 saturated heterocycles. The molecule has 0 radical (unpaired) electrons. The number of ether oxygens (including phenoxy) is 3. The smallest absolute Gasteiger partial charge is 0.462 e. The van der Waals surface area contributed by atoms with Crippen LogP contribution in [0, 0.1) is 5.92 Å². The maximum absolute atomic E-state index is 12.4. The lowest BCUT2D eigenvalue weighted by atomic mass is 9.99. The van der Waals surface area contributed by atoms with Crippen LogP contribution < -0.4 is 0 Å². The molecule has 1 heterocycles. The standard InChI is InChI=1S/C48H87O9P/c1-4-6-7-8-27-32-37-45-46(57-45)38-33-28-23-21-25-30-35-40-48(50)56-44(42-55-58(51,52)53)41-54-47(49)39-34-29-24-20-18-16-14-12-10-9-11-13-15-17-19-22-26-31-36-43(3)5-2/h21,25,27-28,32-33,43-46H,4-20,22-24,26,29-31,34-42H2,1-3H3,(H2,51,52,53)/b25-21-,32-27-,33-28-/t43?,44-,45?,46?/m1/s1. The molecule has 0 spiro atoms. The van der Waals surface area contributed by atoms with E-state index in [-0.39, 0.29) is 19.4 Å². The average Bonchev–Trinajstić information content (AvgIpc) is 3.95. The van der Waals surface area contributed by atoms with Crippen molar-refractivity contribution < 1.29 is 42.7 Å². The number of carbonyl (C=O) groups is 2. The summed E-state index contributed by atoms with van der Waals surface area (Å²) in [7, 11) is -4.78. The van der Waals surface area contributed by atoms with Crippen LogP contribution in [0.4, 0.5) is 0 Å². The number of allylic oxidation sites excluding steroid dienone is 4. The molecular formula is C48H87O9P. The lowest BCUT2D eigenvalue weighted by Crippen LogP contribution is -2.29. The van der Waals surface area contributed by atoms with Crippen molar-refractivity contribution in [3.63, 3.8) is 0 Å². The Kier molecular flexibility index (Phi) is 35.7. The maximum atomic E-state index is 12.4. The summed E-state index contributed by atoms with van der Waals surface area (Å²) in [5.74, 6) is -0.0502. The molecule has 1 rings (SSSR count). The van der Waals surface area contributed by atoms with Crippen molar-refractivity contribution in [2.24, 2.45) is 5.92 Å². The van der Waals surface area contributed by atoms with Gasteiger partial charge in [-0.05, 0) is 57.3 Å². The highest BCUT2D eigenvalue weighted by Crippen LogP contribution is 2.36. The van der Waals surface area contributed by atoms with E-state index >= 15 is 0 Å². The molecule has 338 valence electrons. The van der Waals surface area contributed by atoms with Gasteiger partial charge in [0.1, 0.15) is 6.61 Å². The van der Waals surface area contributed by atoms with E-state index in [4.69, 9.17) is 24.0 Å². The molecule has 0 aromatic rings. The number of rotatable bonds is 42. The molecule has 10 heteroatoms. The van der Waals surface area contributed by atoms with E-state index < -0.39 is 32.5 Å². The van der Waals surface area contributed by atoms with Crippen LogP contribution in [-0.4, -0.2) is 53.3 Å². The Balaban J connectivity index is 2.03. The van der Waals surface area contributed by atoms with Gasteiger partial charge in [-0.3, -0.25) is 14.1 Å². The van der Waals surface area contributed by atoms with Gasteiger partial charge in [-0.1, -0.05) is 192 Å². The van der Waals surface area contributed by atoms with Crippen molar-refractivity contribution >= 4 is 19.8 Å². The van der Waals surface area contributed by atoms with Crippen LogP contribution in [0.1, 0.15) is 220 Å². The number of epoxide rings is 1. The number of esters is 2. The number of carbonyl (C=O) groups excluding carboxylic acids is 2. The topological polar surface area (TPSA) is 132 Å². The van der Waals surface area contributed by atoms with Crippen LogP contribution in [0.5, 0.6) is 0 Å². The summed E-state index contributed by atoms with van der Waals surface area (Å²) in [5, 5.41) is 0. The molecule has 1 aliphatic heterocycles. The Morgan fingerprint density at radius 3 is 1.64 bits per heavy atom. The predicted molar refractivity (Wildman–Crippen MR) is 239 cm³/mol. The summed E-state index contributed by atoms with van der Waals surface area (Å²) in [5.41, 5.74) is 0. The summed E-state index contributed by atoms with van der Waals surface area (Å²) in [4.78, 5) is 43.0. The number of unbranched alkanes of at least 4 members (excludes halogenated alkanes) is 21. The van der Waals surface area contributed by atoms with Gasteiger partial charge in [-0.2, -0.15) is 0 Å². The van der Waals surface area contributed by atoms with Gasteiger partial charge in [0.15, 0.2) is 6.10 Å². The van der Waals surface area contributed by atoms with Gasteiger partial charge in [-0.15, -0.1) is 0 Å². The summed E-state index contributed by atoms with van der Waals surface area (Å²) < 4.78 is 32.2. The van der Waals surface area contributed by atoms with E-state index in [9.17, 15) is 14.2 Å². The fourth-order valence-corrected chi connectivity index (χ4v) is 7.39. The summed E-state index contributed by atoms with van der Waals surface area (Å²) in [6.45, 7) is 6.02. The Morgan fingerprint density at radius 1 is 0.603 bits per heavy atom. The molecule has 1 aliphatic rings. The van der Waals surface area contributed by atoms with Crippen LogP contribution in [-0.2, 0) is 32.9 Å². The first-order valence-electron chi connectivity index (χ1n) is 23.8. The van der Waals surface area contributed by atoms with Crippen LogP contribution in [0.2, 0.25) is 0 Å². The first-order chi connectivity index (χ1) is 28.1. The molecule has 0 bridgehead atoms. The zero-order valence-electron chi connectivity index (χ0n) is 37.3. The van der Waals surface area contributed by atoms with Gasteiger partial charge < -0.3 is 24.0 Å². The maximum Gasteiger partial charge on any atom is 0.469 e. The average molecular weight is 839 g/mol. The summed E-state index contributed by atoms with van der Waals surface area (Å²) in [6, 6.07) is 0. The van der Waals surface area contributed by atoms with E-state index in [1.807, 2.05) is 6.08 Å². The molecule has 2 N–H and O–H groups in total.